The van der Waals surface area contributed by atoms with Gasteiger partial charge in [-0.1, -0.05) is 26.0 Å². The van der Waals surface area contributed by atoms with Crippen LogP contribution in [0.1, 0.15) is 24.2 Å². The summed E-state index contributed by atoms with van der Waals surface area (Å²) in [5, 5.41) is 2.76. The van der Waals surface area contributed by atoms with Gasteiger partial charge in [-0.3, -0.25) is 9.52 Å². The minimum absolute atomic E-state index is 0.0103. The number of para-hydroxylation sites is 1. The highest BCUT2D eigenvalue weighted by atomic mass is 32.2. The minimum Gasteiger partial charge on any atom is -0.492 e. The van der Waals surface area contributed by atoms with Crippen molar-refractivity contribution in [1.82, 2.24) is 9.97 Å². The summed E-state index contributed by atoms with van der Waals surface area (Å²) in [6.45, 7) is 4.53. The second-order valence-electron chi connectivity index (χ2n) is 7.20. The fourth-order valence-electron chi connectivity index (χ4n) is 2.68. The van der Waals surface area contributed by atoms with E-state index in [1.54, 1.807) is 24.3 Å². The topological polar surface area (TPSA) is 120 Å². The van der Waals surface area contributed by atoms with E-state index in [9.17, 15) is 13.2 Å². The van der Waals surface area contributed by atoms with Gasteiger partial charge in [0.2, 0.25) is 5.82 Å². The highest BCUT2D eigenvalue weighted by Gasteiger charge is 2.19. The molecule has 0 saturated heterocycles. The van der Waals surface area contributed by atoms with Crippen LogP contribution in [0.15, 0.2) is 65.8 Å². The lowest BCUT2D eigenvalue weighted by Gasteiger charge is -2.13. The highest BCUT2D eigenvalue weighted by Crippen LogP contribution is 2.24. The van der Waals surface area contributed by atoms with Crippen molar-refractivity contribution in [3.05, 3.63) is 66.5 Å². The summed E-state index contributed by atoms with van der Waals surface area (Å²) in [5.74, 6) is 0.474. The number of sulfonamides is 1. The van der Waals surface area contributed by atoms with Crippen LogP contribution < -0.4 is 19.5 Å². The number of nitrogens with zero attached hydrogens (tertiary/aromatic N) is 2. The van der Waals surface area contributed by atoms with Crippen molar-refractivity contribution in [3.8, 4) is 11.6 Å². The van der Waals surface area contributed by atoms with Crippen LogP contribution >= 0.6 is 0 Å². The van der Waals surface area contributed by atoms with Gasteiger partial charge in [-0.05, 0) is 42.3 Å². The van der Waals surface area contributed by atoms with E-state index in [0.29, 0.717) is 29.5 Å². The zero-order valence-electron chi connectivity index (χ0n) is 17.9. The Kier molecular flexibility index (Phi) is 7.26. The third-order valence-electron chi connectivity index (χ3n) is 4.22. The molecular formula is C22H24N4O5S. The number of hydrogen-bond donors (Lipinski definition) is 2. The molecule has 10 heteroatoms. The molecule has 1 aromatic heterocycles. The lowest BCUT2D eigenvalue weighted by atomic mass is 10.1. The molecule has 0 atom stereocenters. The maximum Gasteiger partial charge on any atom is 0.263 e. The first-order valence-electron chi connectivity index (χ1n) is 9.81. The molecule has 1 amide bonds. The first kappa shape index (κ1) is 23.0. The molecule has 0 spiro atoms. The zero-order chi connectivity index (χ0) is 23.1. The number of hydrogen-bond acceptors (Lipinski definition) is 7. The van der Waals surface area contributed by atoms with Gasteiger partial charge in [-0.15, -0.1) is 0 Å². The van der Waals surface area contributed by atoms with Gasteiger partial charge < -0.3 is 14.8 Å². The molecule has 0 saturated carbocycles. The van der Waals surface area contributed by atoms with Gasteiger partial charge >= 0.3 is 0 Å². The summed E-state index contributed by atoms with van der Waals surface area (Å²) in [4.78, 5) is 20.6. The predicted molar refractivity (Wildman–Crippen MR) is 121 cm³/mol. The molecule has 0 radical (unpaired) electrons. The van der Waals surface area contributed by atoms with Crippen molar-refractivity contribution >= 4 is 27.4 Å². The van der Waals surface area contributed by atoms with Gasteiger partial charge in [-0.2, -0.15) is 0 Å². The molecule has 2 aromatic carbocycles. The summed E-state index contributed by atoms with van der Waals surface area (Å²) in [6.07, 6.45) is 2.74. The van der Waals surface area contributed by atoms with Gasteiger partial charge in [0.25, 0.3) is 21.8 Å². The second kappa shape index (κ2) is 10.1. The van der Waals surface area contributed by atoms with Crippen molar-refractivity contribution in [2.75, 3.05) is 23.8 Å². The van der Waals surface area contributed by atoms with E-state index in [-0.39, 0.29) is 22.5 Å². The molecule has 0 fully saturated rings. The van der Waals surface area contributed by atoms with Crippen LogP contribution in [0.5, 0.6) is 11.6 Å². The molecule has 3 rings (SSSR count). The molecule has 2 N–H and O–H groups in total. The van der Waals surface area contributed by atoms with E-state index in [1.807, 2.05) is 13.8 Å². The van der Waals surface area contributed by atoms with E-state index in [0.717, 1.165) is 0 Å². The molecule has 0 aliphatic heterocycles. The first-order valence-corrected chi connectivity index (χ1v) is 11.3. The van der Waals surface area contributed by atoms with Crippen molar-refractivity contribution in [2.24, 2.45) is 5.92 Å². The van der Waals surface area contributed by atoms with Crippen molar-refractivity contribution < 1.29 is 22.7 Å². The molecule has 9 nitrogen and oxygen atoms in total. The van der Waals surface area contributed by atoms with E-state index < -0.39 is 10.0 Å². The van der Waals surface area contributed by atoms with Gasteiger partial charge in [0.05, 0.1) is 24.2 Å². The maximum atomic E-state index is 12.7. The summed E-state index contributed by atoms with van der Waals surface area (Å²) >= 11 is 0. The van der Waals surface area contributed by atoms with E-state index in [4.69, 9.17) is 9.47 Å². The van der Waals surface area contributed by atoms with E-state index >= 15 is 0 Å². The molecule has 32 heavy (non-hydrogen) atoms. The van der Waals surface area contributed by atoms with Crippen LogP contribution in [0.3, 0.4) is 0 Å². The van der Waals surface area contributed by atoms with Gasteiger partial charge in [0, 0.05) is 18.1 Å². The third kappa shape index (κ3) is 5.73. The van der Waals surface area contributed by atoms with Crippen LogP contribution in [0.4, 0.5) is 11.5 Å². The summed E-state index contributed by atoms with van der Waals surface area (Å²) < 4.78 is 38.4. The number of rotatable bonds is 9. The molecule has 0 unspecified atom stereocenters. The fourth-order valence-corrected chi connectivity index (χ4v) is 3.69. The SMILES string of the molecule is COc1nccnc1NS(=O)(=O)c1ccc(NC(=O)c2ccccc2OCC(C)C)cc1. The fraction of sp³-hybridized carbons (Fsp3) is 0.227. The Morgan fingerprint density at radius 3 is 2.41 bits per heavy atom. The average Bonchev–Trinajstić information content (AvgIpc) is 2.78. The number of anilines is 2. The molecule has 168 valence electrons. The van der Waals surface area contributed by atoms with E-state index in [2.05, 4.69) is 20.0 Å². The molecular weight excluding hydrogens is 432 g/mol. The Labute approximate surface area is 186 Å². The smallest absolute Gasteiger partial charge is 0.263 e. The van der Waals surface area contributed by atoms with Crippen LogP contribution in [0.25, 0.3) is 0 Å². The third-order valence-corrected chi connectivity index (χ3v) is 5.57. The van der Waals surface area contributed by atoms with Crippen LogP contribution in [0.2, 0.25) is 0 Å². The molecule has 3 aromatic rings. The second-order valence-corrected chi connectivity index (χ2v) is 8.88. The standard InChI is InChI=1S/C22H24N4O5S/c1-15(2)14-31-19-7-5-4-6-18(19)21(27)25-16-8-10-17(11-9-16)32(28,29)26-20-22(30-3)24-13-12-23-20/h4-13,15H,14H2,1-3H3,(H,23,26)(H,25,27). The Morgan fingerprint density at radius 1 is 1.03 bits per heavy atom. The Bertz CT molecular complexity index is 1180. The summed E-state index contributed by atoms with van der Waals surface area (Å²) in [6, 6.07) is 12.7. The Hall–Kier alpha value is -3.66. The van der Waals surface area contributed by atoms with Crippen LogP contribution in [-0.2, 0) is 10.0 Å². The van der Waals surface area contributed by atoms with Crippen LogP contribution in [0, 0.1) is 5.92 Å². The largest absolute Gasteiger partial charge is 0.492 e. The lowest BCUT2D eigenvalue weighted by Crippen LogP contribution is -2.16. The quantitative estimate of drug-likeness (QED) is 0.505. The number of benzene rings is 2. The average molecular weight is 457 g/mol. The normalized spacial score (nSPS) is 11.1. The van der Waals surface area contributed by atoms with Crippen molar-refractivity contribution in [3.63, 3.8) is 0 Å². The number of methoxy groups -OCH3 is 1. The zero-order valence-corrected chi connectivity index (χ0v) is 18.7. The van der Waals surface area contributed by atoms with Crippen molar-refractivity contribution in [2.45, 2.75) is 18.7 Å². The molecule has 0 bridgehead atoms. The number of carbonyl (C=O) groups excluding carboxylic acids is 1. The number of nitrogens with one attached hydrogen (secondary N) is 2. The molecule has 1 heterocycles. The monoisotopic (exact) mass is 456 g/mol. The van der Waals surface area contributed by atoms with Gasteiger partial charge in [0.15, 0.2) is 0 Å². The Morgan fingerprint density at radius 2 is 1.72 bits per heavy atom. The Balaban J connectivity index is 1.73. The summed E-state index contributed by atoms with van der Waals surface area (Å²) in [5.41, 5.74) is 0.825. The number of ether oxygens (including phenoxy) is 2. The minimum atomic E-state index is -3.93. The summed E-state index contributed by atoms with van der Waals surface area (Å²) in [7, 11) is -2.56. The predicted octanol–water partition coefficient (Wildman–Crippen LogP) is 3.57. The van der Waals surface area contributed by atoms with Gasteiger partial charge in [-0.25, -0.2) is 18.4 Å². The first-order chi connectivity index (χ1) is 15.3. The maximum absolute atomic E-state index is 12.7. The number of amides is 1. The molecule has 0 aliphatic carbocycles. The lowest BCUT2D eigenvalue weighted by molar-refractivity contribution is 0.102. The van der Waals surface area contributed by atoms with Crippen LogP contribution in [-0.4, -0.2) is 38.0 Å². The van der Waals surface area contributed by atoms with Gasteiger partial charge in [0.1, 0.15) is 5.75 Å². The number of carbonyl (C=O) groups is 1. The van der Waals surface area contributed by atoms with Crippen molar-refractivity contribution in [1.29, 1.82) is 0 Å². The highest BCUT2D eigenvalue weighted by molar-refractivity contribution is 7.92. The molecule has 0 aliphatic rings. The van der Waals surface area contributed by atoms with E-state index in [1.165, 1.54) is 43.8 Å². The number of aromatic nitrogens is 2.